The van der Waals surface area contributed by atoms with Crippen LogP contribution in [0.3, 0.4) is 0 Å². The van der Waals surface area contributed by atoms with E-state index in [-0.39, 0.29) is 31.0 Å². The van der Waals surface area contributed by atoms with E-state index in [0.29, 0.717) is 10.7 Å². The predicted octanol–water partition coefficient (Wildman–Crippen LogP) is 2.00. The molecule has 0 N–H and O–H groups in total. The molecule has 0 unspecified atom stereocenters. The minimum atomic E-state index is -4.64. The second-order valence-electron chi connectivity index (χ2n) is 7.67. The highest BCUT2D eigenvalue weighted by Crippen LogP contribution is 2.39. The van der Waals surface area contributed by atoms with Crippen LogP contribution in [-0.4, -0.2) is 55.6 Å². The van der Waals surface area contributed by atoms with Gasteiger partial charge < -0.3 is 4.90 Å². The maximum absolute atomic E-state index is 13.9. The summed E-state index contributed by atoms with van der Waals surface area (Å²) in [6.45, 7) is -0.774. The summed E-state index contributed by atoms with van der Waals surface area (Å²) >= 11 is 0. The van der Waals surface area contributed by atoms with Crippen LogP contribution in [-0.2, 0) is 17.8 Å². The Hall–Kier alpha value is -2.86. The van der Waals surface area contributed by atoms with Gasteiger partial charge in [0.25, 0.3) is 0 Å². The lowest BCUT2D eigenvalue weighted by Crippen LogP contribution is -2.45. The van der Waals surface area contributed by atoms with E-state index in [4.69, 9.17) is 0 Å². The molecule has 7 nitrogen and oxygen atoms in total. The van der Waals surface area contributed by atoms with Gasteiger partial charge in [-0.3, -0.25) is 14.3 Å². The average Bonchev–Trinajstić information content (AvgIpc) is 3.26. The molecule has 0 aromatic carbocycles. The van der Waals surface area contributed by atoms with Crippen molar-refractivity contribution in [3.63, 3.8) is 0 Å². The van der Waals surface area contributed by atoms with E-state index in [2.05, 4.69) is 10.1 Å². The number of alkyl halides is 4. The number of halogens is 6. The number of carbonyl (C=O) groups excluding carboxylic acids is 1. The third-order valence-corrected chi connectivity index (χ3v) is 5.56. The van der Waals surface area contributed by atoms with Gasteiger partial charge in [-0.15, -0.1) is 0 Å². The second-order valence-corrected chi connectivity index (χ2v) is 7.67. The number of pyridine rings is 1. The van der Waals surface area contributed by atoms with Crippen molar-refractivity contribution in [2.24, 2.45) is 5.92 Å². The van der Waals surface area contributed by atoms with Crippen LogP contribution in [0.15, 0.2) is 17.1 Å². The fourth-order valence-corrected chi connectivity index (χ4v) is 3.99. The van der Waals surface area contributed by atoms with Gasteiger partial charge in [-0.25, -0.2) is 22.6 Å². The van der Waals surface area contributed by atoms with E-state index < -0.39 is 66.9 Å². The number of hydrogen-bond donors (Lipinski definition) is 0. The number of hydrogen-bond acceptors (Lipinski definition) is 4. The highest BCUT2D eigenvalue weighted by Gasteiger charge is 2.48. The summed E-state index contributed by atoms with van der Waals surface area (Å²) in [7, 11) is 0. The lowest BCUT2D eigenvalue weighted by molar-refractivity contribution is -0.183. The first-order valence-corrected chi connectivity index (χ1v) is 9.52. The first-order valence-electron chi connectivity index (χ1n) is 9.52. The number of nitrogens with zero attached hydrogens (tertiary/aromatic N) is 5. The molecule has 2 aromatic heterocycles. The molecule has 0 spiro atoms. The van der Waals surface area contributed by atoms with Crippen molar-refractivity contribution >= 4 is 5.91 Å². The Morgan fingerprint density at radius 2 is 2.00 bits per heavy atom. The monoisotopic (exact) mass is 449 g/mol. The summed E-state index contributed by atoms with van der Waals surface area (Å²) in [4.78, 5) is 30.4. The zero-order chi connectivity index (χ0) is 22.5. The first kappa shape index (κ1) is 21.4. The van der Waals surface area contributed by atoms with Crippen LogP contribution < -0.4 is 5.69 Å². The van der Waals surface area contributed by atoms with Gasteiger partial charge in [0.1, 0.15) is 29.7 Å². The smallest absolute Gasteiger partial charge is 0.338 e. The molecule has 1 amide bonds. The van der Waals surface area contributed by atoms with E-state index in [1.807, 2.05) is 0 Å². The van der Waals surface area contributed by atoms with Crippen LogP contribution >= 0.6 is 0 Å². The Balaban J connectivity index is 1.71. The maximum atomic E-state index is 13.9. The predicted molar refractivity (Wildman–Crippen MR) is 92.7 cm³/mol. The second kappa shape index (κ2) is 7.68. The lowest BCUT2D eigenvalue weighted by atomic mass is 9.91. The van der Waals surface area contributed by atoms with Crippen LogP contribution in [0, 0.1) is 17.6 Å². The zero-order valence-corrected chi connectivity index (χ0v) is 15.9. The number of aromatic nitrogens is 4. The number of rotatable bonds is 3. The normalized spacial score (nSPS) is 23.8. The van der Waals surface area contributed by atoms with Crippen LogP contribution in [0.25, 0.3) is 0 Å². The van der Waals surface area contributed by atoms with Crippen molar-refractivity contribution < 1.29 is 31.1 Å². The number of amides is 1. The van der Waals surface area contributed by atoms with Crippen LogP contribution in [0.2, 0.25) is 0 Å². The van der Waals surface area contributed by atoms with Gasteiger partial charge in [-0.05, 0) is 12.8 Å². The lowest BCUT2D eigenvalue weighted by Gasteiger charge is -2.32. The van der Waals surface area contributed by atoms with Gasteiger partial charge in [-0.2, -0.15) is 18.3 Å². The molecule has 31 heavy (non-hydrogen) atoms. The topological polar surface area (TPSA) is 73.0 Å². The molecule has 4 heterocycles. The van der Waals surface area contributed by atoms with E-state index in [0.717, 1.165) is 15.7 Å². The van der Waals surface area contributed by atoms with Crippen molar-refractivity contribution in [2.75, 3.05) is 13.1 Å². The molecule has 2 aliphatic rings. The molecule has 3 atom stereocenters. The van der Waals surface area contributed by atoms with E-state index >= 15 is 0 Å². The third-order valence-electron chi connectivity index (χ3n) is 5.56. The third kappa shape index (κ3) is 4.04. The summed E-state index contributed by atoms with van der Waals surface area (Å²) in [6, 6.07) is -0.955. The number of carbonyl (C=O) groups is 1. The highest BCUT2D eigenvalue weighted by molar-refractivity contribution is 5.81. The zero-order valence-electron chi connectivity index (χ0n) is 15.9. The summed E-state index contributed by atoms with van der Waals surface area (Å²) in [5, 5.41) is 3.87. The van der Waals surface area contributed by atoms with E-state index in [1.165, 1.54) is 0 Å². The summed E-state index contributed by atoms with van der Waals surface area (Å²) < 4.78 is 82.4. The van der Waals surface area contributed by atoms with Crippen molar-refractivity contribution in [3.05, 3.63) is 45.9 Å². The quantitative estimate of drug-likeness (QED) is 0.673. The SMILES string of the molecule is O=C([C@H]1C[C@@H](C(F)(F)F)Cc2nn(Cc3ncc(F)cc3F)c(=O)n21)N1CC[C@H](F)C1. The van der Waals surface area contributed by atoms with E-state index in [1.54, 1.807) is 0 Å². The van der Waals surface area contributed by atoms with Crippen molar-refractivity contribution in [1.82, 2.24) is 24.2 Å². The summed E-state index contributed by atoms with van der Waals surface area (Å²) in [5.74, 6) is -4.98. The average molecular weight is 449 g/mol. The molecule has 2 aromatic rings. The molecule has 2 aliphatic heterocycles. The largest absolute Gasteiger partial charge is 0.392 e. The highest BCUT2D eigenvalue weighted by atomic mass is 19.4. The molecule has 1 saturated heterocycles. The first-order chi connectivity index (χ1) is 14.5. The molecular weight excluding hydrogens is 432 g/mol. The minimum Gasteiger partial charge on any atom is -0.338 e. The molecule has 0 aliphatic carbocycles. The Kier molecular flexibility index (Phi) is 5.30. The molecular formula is C18H17F6N5O2. The van der Waals surface area contributed by atoms with Crippen molar-refractivity contribution in [1.29, 1.82) is 0 Å². The van der Waals surface area contributed by atoms with Crippen LogP contribution in [0.4, 0.5) is 26.3 Å². The molecule has 1 fully saturated rings. The van der Waals surface area contributed by atoms with Crippen LogP contribution in [0.1, 0.15) is 30.4 Å². The van der Waals surface area contributed by atoms with Gasteiger partial charge in [0, 0.05) is 19.0 Å². The molecule has 0 radical (unpaired) electrons. The van der Waals surface area contributed by atoms with Crippen LogP contribution in [0.5, 0.6) is 0 Å². The summed E-state index contributed by atoms with van der Waals surface area (Å²) in [5.41, 5.74) is -1.26. The van der Waals surface area contributed by atoms with Crippen molar-refractivity contribution in [2.45, 2.75) is 44.2 Å². The fourth-order valence-electron chi connectivity index (χ4n) is 3.99. The standard InChI is InChI=1S/C18H17F6N5O2/c19-10-1-2-27(7-10)16(30)14-3-9(18(22,23)24)4-15-26-28(17(31)29(14)15)8-13-12(21)5-11(20)6-25-13/h5-6,9-10,14H,1-4,7-8H2/t9-,10+,14-/m1/s1. The maximum Gasteiger partial charge on any atom is 0.392 e. The molecule has 0 saturated carbocycles. The Bertz CT molecular complexity index is 1060. The molecule has 168 valence electrons. The van der Waals surface area contributed by atoms with Crippen molar-refractivity contribution in [3.8, 4) is 0 Å². The Labute approximate surface area is 171 Å². The van der Waals surface area contributed by atoms with Gasteiger partial charge in [0.2, 0.25) is 5.91 Å². The molecule has 13 heteroatoms. The Morgan fingerprint density at radius 1 is 1.26 bits per heavy atom. The molecule has 4 rings (SSSR count). The van der Waals surface area contributed by atoms with Gasteiger partial charge in [0.15, 0.2) is 0 Å². The Morgan fingerprint density at radius 3 is 2.61 bits per heavy atom. The number of likely N-dealkylation sites (tertiary alicyclic amines) is 1. The van der Waals surface area contributed by atoms with Gasteiger partial charge in [0.05, 0.1) is 30.9 Å². The van der Waals surface area contributed by atoms with Gasteiger partial charge >= 0.3 is 11.9 Å². The fraction of sp³-hybridized carbons (Fsp3) is 0.556. The van der Waals surface area contributed by atoms with E-state index in [9.17, 15) is 35.9 Å². The van der Waals surface area contributed by atoms with Gasteiger partial charge in [-0.1, -0.05) is 0 Å². The number of fused-ring (bicyclic) bond motifs is 1. The summed E-state index contributed by atoms with van der Waals surface area (Å²) in [6.07, 6.45) is -6.44. The molecule has 0 bridgehead atoms. The minimum absolute atomic E-state index is 0.0378.